The Balaban J connectivity index is 1.76. The van der Waals surface area contributed by atoms with Crippen molar-refractivity contribution in [3.63, 3.8) is 0 Å². The quantitative estimate of drug-likeness (QED) is 0.873. The second-order valence-corrected chi connectivity index (χ2v) is 6.93. The smallest absolute Gasteiger partial charge is 0.159 e. The summed E-state index contributed by atoms with van der Waals surface area (Å²) >= 11 is 0. The monoisotopic (exact) mass is 308 g/mol. The van der Waals surface area contributed by atoms with Crippen LogP contribution in [0.15, 0.2) is 34.9 Å². The van der Waals surface area contributed by atoms with Crippen LogP contribution < -0.4 is 5.43 Å². The zero-order chi connectivity index (χ0) is 16.1. The number of carbonyl (C=O) groups is 2. The van der Waals surface area contributed by atoms with Crippen LogP contribution in [0, 0.1) is 23.7 Å². The van der Waals surface area contributed by atoms with E-state index >= 15 is 0 Å². The van der Waals surface area contributed by atoms with Gasteiger partial charge in [-0.3, -0.25) is 15.0 Å². The summed E-state index contributed by atoms with van der Waals surface area (Å²) in [7, 11) is 0. The molecule has 1 aliphatic heterocycles. The summed E-state index contributed by atoms with van der Waals surface area (Å²) in [5.74, 6) is 1.77. The molecule has 2 saturated carbocycles. The Labute approximate surface area is 135 Å². The molecule has 2 bridgehead atoms. The number of ketones is 2. The molecule has 4 nitrogen and oxygen atoms in total. The molecule has 118 valence electrons. The lowest BCUT2D eigenvalue weighted by molar-refractivity contribution is -0.121. The summed E-state index contributed by atoms with van der Waals surface area (Å²) in [6.45, 7) is 3.29. The summed E-state index contributed by atoms with van der Waals surface area (Å²) in [6, 6.07) is 7.66. The molecule has 0 amide bonds. The van der Waals surface area contributed by atoms with Crippen molar-refractivity contribution in [1.82, 2.24) is 5.43 Å². The van der Waals surface area contributed by atoms with Gasteiger partial charge in [0.2, 0.25) is 0 Å². The maximum Gasteiger partial charge on any atom is 0.159 e. The Bertz CT molecular complexity index is 745. The molecule has 4 atom stereocenters. The third kappa shape index (κ3) is 2.16. The molecule has 0 aromatic heterocycles. The SMILES string of the molecule is CC(=O)c1ccc(C2=C3C(C=NN2)C2CC(C(C)=O)C3C2)cc1. The van der Waals surface area contributed by atoms with Gasteiger partial charge in [0.15, 0.2) is 5.78 Å². The average molecular weight is 308 g/mol. The van der Waals surface area contributed by atoms with Gasteiger partial charge in [0.1, 0.15) is 5.78 Å². The zero-order valence-electron chi connectivity index (χ0n) is 13.4. The fourth-order valence-corrected chi connectivity index (χ4v) is 4.57. The van der Waals surface area contributed by atoms with Crippen LogP contribution in [0.3, 0.4) is 0 Å². The van der Waals surface area contributed by atoms with E-state index in [9.17, 15) is 9.59 Å². The van der Waals surface area contributed by atoms with Crippen molar-refractivity contribution < 1.29 is 9.59 Å². The summed E-state index contributed by atoms with van der Waals surface area (Å²) in [5.41, 5.74) is 7.28. The molecule has 0 spiro atoms. The van der Waals surface area contributed by atoms with E-state index in [4.69, 9.17) is 0 Å². The van der Waals surface area contributed by atoms with Crippen molar-refractivity contribution in [3.8, 4) is 0 Å². The lowest BCUT2D eigenvalue weighted by atomic mass is 9.75. The van der Waals surface area contributed by atoms with Gasteiger partial charge >= 0.3 is 0 Å². The number of nitrogens with zero attached hydrogens (tertiary/aromatic N) is 1. The molecule has 0 radical (unpaired) electrons. The van der Waals surface area contributed by atoms with E-state index < -0.39 is 0 Å². The number of hydrazone groups is 1. The zero-order valence-corrected chi connectivity index (χ0v) is 13.4. The van der Waals surface area contributed by atoms with E-state index in [1.54, 1.807) is 13.8 Å². The Kier molecular flexibility index (Phi) is 3.22. The van der Waals surface area contributed by atoms with Crippen LogP contribution in [0.1, 0.15) is 42.6 Å². The van der Waals surface area contributed by atoms with Crippen LogP contribution in [-0.4, -0.2) is 17.8 Å². The molecule has 23 heavy (non-hydrogen) atoms. The average Bonchev–Trinajstić information content (AvgIpc) is 3.14. The van der Waals surface area contributed by atoms with Crippen LogP contribution >= 0.6 is 0 Å². The number of carbonyl (C=O) groups excluding carboxylic acids is 2. The molecule has 4 rings (SSSR count). The fraction of sp³-hybridized carbons (Fsp3) is 0.421. The molecule has 0 saturated heterocycles. The van der Waals surface area contributed by atoms with Gasteiger partial charge < -0.3 is 0 Å². The molecular weight excluding hydrogens is 288 g/mol. The Morgan fingerprint density at radius 3 is 2.52 bits per heavy atom. The molecular formula is C19H20N2O2. The van der Waals surface area contributed by atoms with Crippen LogP contribution in [0.4, 0.5) is 0 Å². The van der Waals surface area contributed by atoms with E-state index in [1.165, 1.54) is 5.57 Å². The number of rotatable bonds is 3. The maximum atomic E-state index is 12.0. The lowest BCUT2D eigenvalue weighted by Gasteiger charge is -2.32. The van der Waals surface area contributed by atoms with Crippen molar-refractivity contribution in [1.29, 1.82) is 0 Å². The number of fused-ring (bicyclic) bond motifs is 5. The molecule has 1 N–H and O–H groups in total. The van der Waals surface area contributed by atoms with Gasteiger partial charge in [0, 0.05) is 23.6 Å². The van der Waals surface area contributed by atoms with Gasteiger partial charge in [-0.05, 0) is 49.7 Å². The second kappa shape index (κ2) is 5.15. The van der Waals surface area contributed by atoms with Crippen molar-refractivity contribution in [2.24, 2.45) is 28.8 Å². The predicted octanol–water partition coefficient (Wildman–Crippen LogP) is 3.05. The minimum absolute atomic E-state index is 0.0678. The molecule has 2 aliphatic carbocycles. The van der Waals surface area contributed by atoms with E-state index in [0.717, 1.165) is 24.1 Å². The van der Waals surface area contributed by atoms with E-state index in [1.807, 2.05) is 30.5 Å². The fourth-order valence-electron chi connectivity index (χ4n) is 4.57. The third-order valence-corrected chi connectivity index (χ3v) is 5.67. The molecule has 1 heterocycles. The second-order valence-electron chi connectivity index (χ2n) is 6.93. The third-order valence-electron chi connectivity index (χ3n) is 5.67. The number of Topliss-reactive ketones (excluding diaryl/α,β-unsaturated/α-hetero) is 2. The van der Waals surface area contributed by atoms with Crippen molar-refractivity contribution >= 4 is 23.5 Å². The largest absolute Gasteiger partial charge is 0.300 e. The van der Waals surface area contributed by atoms with Gasteiger partial charge in [-0.1, -0.05) is 24.3 Å². The van der Waals surface area contributed by atoms with Gasteiger partial charge in [-0.15, -0.1) is 0 Å². The Morgan fingerprint density at radius 2 is 1.87 bits per heavy atom. The number of hydrogen-bond donors (Lipinski definition) is 1. The van der Waals surface area contributed by atoms with Crippen LogP contribution in [0.2, 0.25) is 0 Å². The first kappa shape index (κ1) is 14.4. The van der Waals surface area contributed by atoms with E-state index in [-0.39, 0.29) is 11.7 Å². The first-order chi connectivity index (χ1) is 11.1. The van der Waals surface area contributed by atoms with E-state index in [2.05, 4.69) is 10.5 Å². The maximum absolute atomic E-state index is 12.0. The minimum atomic E-state index is 0.0678. The Morgan fingerprint density at radius 1 is 1.13 bits per heavy atom. The lowest BCUT2D eigenvalue weighted by Crippen LogP contribution is -2.31. The highest BCUT2D eigenvalue weighted by atomic mass is 16.1. The highest BCUT2D eigenvalue weighted by Gasteiger charge is 2.52. The summed E-state index contributed by atoms with van der Waals surface area (Å²) in [4.78, 5) is 23.4. The standard InChI is InChI=1S/C19H20N2O2/c1-10(22)12-3-5-13(6-4-12)19-18-16-8-14(7-15(16)11(2)23)17(18)9-20-21-19/h3-6,9,14-17,21H,7-8H2,1-2H3. The summed E-state index contributed by atoms with van der Waals surface area (Å²) < 4.78 is 0. The van der Waals surface area contributed by atoms with Crippen LogP contribution in [0.25, 0.3) is 5.70 Å². The highest BCUT2D eigenvalue weighted by molar-refractivity contribution is 5.94. The van der Waals surface area contributed by atoms with Crippen LogP contribution in [0.5, 0.6) is 0 Å². The van der Waals surface area contributed by atoms with Gasteiger partial charge in [0.05, 0.1) is 5.70 Å². The molecule has 3 aliphatic rings. The number of nitrogens with one attached hydrogen (secondary N) is 1. The normalized spacial score (nSPS) is 31.0. The number of allylic oxidation sites excluding steroid dienone is 1. The van der Waals surface area contributed by atoms with Gasteiger partial charge in [0.25, 0.3) is 0 Å². The number of hydrogen-bond acceptors (Lipinski definition) is 4. The topological polar surface area (TPSA) is 58.5 Å². The molecule has 1 aromatic rings. The molecule has 4 unspecified atom stereocenters. The molecule has 2 fully saturated rings. The Hall–Kier alpha value is -2.23. The van der Waals surface area contributed by atoms with Gasteiger partial charge in [-0.2, -0.15) is 5.10 Å². The number of benzene rings is 1. The predicted molar refractivity (Wildman–Crippen MR) is 88.9 cm³/mol. The highest BCUT2D eigenvalue weighted by Crippen LogP contribution is 2.56. The van der Waals surface area contributed by atoms with E-state index in [0.29, 0.717) is 29.1 Å². The summed E-state index contributed by atoms with van der Waals surface area (Å²) in [5, 5.41) is 4.34. The van der Waals surface area contributed by atoms with Crippen molar-refractivity contribution in [3.05, 3.63) is 41.0 Å². The minimum Gasteiger partial charge on any atom is -0.300 e. The first-order valence-corrected chi connectivity index (χ1v) is 8.21. The van der Waals surface area contributed by atoms with Gasteiger partial charge in [-0.25, -0.2) is 0 Å². The van der Waals surface area contributed by atoms with Crippen LogP contribution in [-0.2, 0) is 4.79 Å². The molecule has 1 aromatic carbocycles. The molecule has 4 heteroatoms. The summed E-state index contributed by atoms with van der Waals surface area (Å²) in [6.07, 6.45) is 4.09. The first-order valence-electron chi connectivity index (χ1n) is 8.21. The van der Waals surface area contributed by atoms with Crippen molar-refractivity contribution in [2.75, 3.05) is 0 Å². The van der Waals surface area contributed by atoms with Crippen molar-refractivity contribution in [2.45, 2.75) is 26.7 Å².